The zero-order valence-corrected chi connectivity index (χ0v) is 13.7. The molecule has 1 saturated heterocycles. The van der Waals surface area contributed by atoms with Gasteiger partial charge in [0.05, 0.1) is 18.3 Å². The molecular weight excluding hydrogens is 279 g/mol. The van der Waals surface area contributed by atoms with Gasteiger partial charge in [-0.2, -0.15) is 0 Å². The molecule has 1 unspecified atom stereocenters. The maximum atomic E-state index is 12.0. The highest BCUT2D eigenvalue weighted by molar-refractivity contribution is 6.62. The van der Waals surface area contributed by atoms with Crippen molar-refractivity contribution < 1.29 is 18.8 Å². The van der Waals surface area contributed by atoms with Crippen LogP contribution in [0.5, 0.6) is 0 Å². The first-order valence-electron chi connectivity index (χ1n) is 7.69. The standard InChI is InChI=1S/C17H23BO4/c1-6-15(16(19)20-7-2)13-8-10-14(11-9-13)18-21-12(3)17(4,5)22-18/h8-11,15H,3,6-7H2,1-2,4-5H3. The molecule has 1 aliphatic rings. The maximum Gasteiger partial charge on any atom is 0.563 e. The Labute approximate surface area is 132 Å². The number of carbonyl (C=O) groups is 1. The second kappa shape index (κ2) is 6.57. The van der Waals surface area contributed by atoms with E-state index in [2.05, 4.69) is 6.58 Å². The predicted octanol–water partition coefficient (Wildman–Crippen LogP) is 2.78. The summed E-state index contributed by atoms with van der Waals surface area (Å²) >= 11 is 0. The van der Waals surface area contributed by atoms with Gasteiger partial charge in [-0.05, 0) is 38.2 Å². The largest absolute Gasteiger partial charge is 0.563 e. The van der Waals surface area contributed by atoms with E-state index >= 15 is 0 Å². The molecule has 2 rings (SSSR count). The molecule has 0 aliphatic carbocycles. The Kier molecular flexibility index (Phi) is 4.96. The van der Waals surface area contributed by atoms with Crippen molar-refractivity contribution in [2.75, 3.05) is 6.61 Å². The van der Waals surface area contributed by atoms with Crippen LogP contribution in [0, 0.1) is 0 Å². The van der Waals surface area contributed by atoms with Crippen molar-refractivity contribution in [2.24, 2.45) is 0 Å². The van der Waals surface area contributed by atoms with E-state index in [9.17, 15) is 4.79 Å². The molecule has 1 aliphatic heterocycles. The molecule has 5 heteroatoms. The molecule has 0 spiro atoms. The zero-order chi connectivity index (χ0) is 16.3. The minimum atomic E-state index is -0.486. The molecule has 4 nitrogen and oxygen atoms in total. The zero-order valence-electron chi connectivity index (χ0n) is 13.7. The van der Waals surface area contributed by atoms with Crippen LogP contribution in [-0.4, -0.2) is 25.3 Å². The van der Waals surface area contributed by atoms with Crippen molar-refractivity contribution in [3.05, 3.63) is 42.2 Å². The Hall–Kier alpha value is -1.75. The molecule has 1 aromatic rings. The Morgan fingerprint density at radius 1 is 1.32 bits per heavy atom. The molecule has 0 saturated carbocycles. The van der Waals surface area contributed by atoms with Crippen LogP contribution in [0.1, 0.15) is 45.6 Å². The van der Waals surface area contributed by atoms with Gasteiger partial charge in [-0.3, -0.25) is 4.79 Å². The fourth-order valence-electron chi connectivity index (χ4n) is 2.43. The third kappa shape index (κ3) is 3.35. The Morgan fingerprint density at radius 3 is 2.41 bits per heavy atom. The smallest absolute Gasteiger partial charge is 0.534 e. The van der Waals surface area contributed by atoms with Gasteiger partial charge in [0.15, 0.2) is 0 Å². The van der Waals surface area contributed by atoms with E-state index in [0.29, 0.717) is 18.8 Å². The van der Waals surface area contributed by atoms with Gasteiger partial charge >= 0.3 is 13.1 Å². The third-order valence-corrected chi connectivity index (χ3v) is 3.91. The molecule has 0 radical (unpaired) electrons. The van der Waals surface area contributed by atoms with Gasteiger partial charge in [-0.25, -0.2) is 0 Å². The fourth-order valence-corrected chi connectivity index (χ4v) is 2.43. The summed E-state index contributed by atoms with van der Waals surface area (Å²) < 4.78 is 16.6. The quantitative estimate of drug-likeness (QED) is 0.620. The van der Waals surface area contributed by atoms with Crippen molar-refractivity contribution in [2.45, 2.75) is 45.6 Å². The average Bonchev–Trinajstić information content (AvgIpc) is 2.75. The van der Waals surface area contributed by atoms with Crippen LogP contribution in [0.25, 0.3) is 0 Å². The SMILES string of the molecule is C=C1OB(c2ccc(C(CC)C(=O)OCC)cc2)OC1(C)C. The van der Waals surface area contributed by atoms with Crippen molar-refractivity contribution in [3.63, 3.8) is 0 Å². The van der Waals surface area contributed by atoms with Crippen LogP contribution >= 0.6 is 0 Å². The summed E-state index contributed by atoms with van der Waals surface area (Å²) in [6.45, 7) is 11.9. The van der Waals surface area contributed by atoms with Crippen LogP contribution in [0.3, 0.4) is 0 Å². The predicted molar refractivity (Wildman–Crippen MR) is 86.9 cm³/mol. The molecular formula is C17H23BO4. The van der Waals surface area contributed by atoms with E-state index < -0.39 is 12.7 Å². The summed E-state index contributed by atoms with van der Waals surface area (Å²) in [6.07, 6.45) is 0.707. The second-order valence-corrected chi connectivity index (χ2v) is 5.88. The molecule has 0 aromatic heterocycles. The summed E-state index contributed by atoms with van der Waals surface area (Å²) in [5, 5.41) is 0. The van der Waals surface area contributed by atoms with Gasteiger partial charge in [0.2, 0.25) is 0 Å². The summed E-state index contributed by atoms with van der Waals surface area (Å²) in [4.78, 5) is 12.0. The van der Waals surface area contributed by atoms with E-state index in [-0.39, 0.29) is 11.9 Å². The summed E-state index contributed by atoms with van der Waals surface area (Å²) in [5.74, 6) is 0.214. The number of hydrogen-bond acceptors (Lipinski definition) is 4. The van der Waals surface area contributed by atoms with E-state index in [1.54, 1.807) is 0 Å². The van der Waals surface area contributed by atoms with Gasteiger partial charge in [-0.15, -0.1) is 0 Å². The minimum Gasteiger partial charge on any atom is -0.534 e. The topological polar surface area (TPSA) is 44.8 Å². The van der Waals surface area contributed by atoms with E-state index in [4.69, 9.17) is 14.0 Å². The van der Waals surface area contributed by atoms with Crippen molar-refractivity contribution in [1.29, 1.82) is 0 Å². The number of benzene rings is 1. The third-order valence-electron chi connectivity index (χ3n) is 3.91. The van der Waals surface area contributed by atoms with E-state index in [1.807, 2.05) is 52.0 Å². The lowest BCUT2D eigenvalue weighted by Crippen LogP contribution is -2.34. The highest BCUT2D eigenvalue weighted by Gasteiger charge is 2.42. The first kappa shape index (κ1) is 16.6. The summed E-state index contributed by atoms with van der Waals surface area (Å²) in [5.41, 5.74) is 1.37. The first-order valence-corrected chi connectivity index (χ1v) is 7.69. The lowest BCUT2D eigenvalue weighted by atomic mass is 9.78. The van der Waals surface area contributed by atoms with Crippen LogP contribution in [0.4, 0.5) is 0 Å². The Balaban J connectivity index is 2.13. The number of carbonyl (C=O) groups excluding carboxylic acids is 1. The minimum absolute atomic E-state index is 0.180. The number of esters is 1. The summed E-state index contributed by atoms with van der Waals surface area (Å²) in [6, 6.07) is 7.72. The van der Waals surface area contributed by atoms with Crippen LogP contribution < -0.4 is 5.46 Å². The molecule has 118 valence electrons. The molecule has 0 bridgehead atoms. The molecule has 0 amide bonds. The number of rotatable bonds is 5. The van der Waals surface area contributed by atoms with Crippen LogP contribution in [0.15, 0.2) is 36.6 Å². The normalized spacial score (nSPS) is 18.0. The molecule has 0 N–H and O–H groups in total. The molecule has 1 fully saturated rings. The highest BCUT2D eigenvalue weighted by Crippen LogP contribution is 2.29. The lowest BCUT2D eigenvalue weighted by Gasteiger charge is -2.16. The highest BCUT2D eigenvalue weighted by atomic mass is 16.7. The second-order valence-electron chi connectivity index (χ2n) is 5.88. The van der Waals surface area contributed by atoms with E-state index in [1.165, 1.54) is 0 Å². The van der Waals surface area contributed by atoms with E-state index in [0.717, 1.165) is 11.0 Å². The van der Waals surface area contributed by atoms with Crippen LogP contribution in [0.2, 0.25) is 0 Å². The van der Waals surface area contributed by atoms with Gasteiger partial charge in [-0.1, -0.05) is 37.8 Å². The Morgan fingerprint density at radius 2 is 1.95 bits per heavy atom. The fraction of sp³-hybridized carbons (Fsp3) is 0.471. The van der Waals surface area contributed by atoms with Gasteiger partial charge in [0, 0.05) is 0 Å². The van der Waals surface area contributed by atoms with Crippen molar-refractivity contribution >= 4 is 18.6 Å². The molecule has 1 aromatic carbocycles. The molecule has 1 heterocycles. The molecule has 1 atom stereocenters. The van der Waals surface area contributed by atoms with Gasteiger partial charge in [0.25, 0.3) is 0 Å². The first-order chi connectivity index (χ1) is 10.4. The number of hydrogen-bond donors (Lipinski definition) is 0. The summed E-state index contributed by atoms with van der Waals surface area (Å²) in [7, 11) is -0.445. The molecule has 22 heavy (non-hydrogen) atoms. The van der Waals surface area contributed by atoms with Gasteiger partial charge in [0.1, 0.15) is 5.60 Å². The monoisotopic (exact) mass is 302 g/mol. The maximum absolute atomic E-state index is 12.0. The van der Waals surface area contributed by atoms with Crippen LogP contribution in [-0.2, 0) is 18.8 Å². The van der Waals surface area contributed by atoms with Crippen molar-refractivity contribution in [3.8, 4) is 0 Å². The van der Waals surface area contributed by atoms with Gasteiger partial charge < -0.3 is 14.0 Å². The average molecular weight is 302 g/mol. The van der Waals surface area contributed by atoms with Crippen molar-refractivity contribution in [1.82, 2.24) is 0 Å². The lowest BCUT2D eigenvalue weighted by molar-refractivity contribution is -0.145. The number of ether oxygens (including phenoxy) is 1. The Bertz CT molecular complexity index is 550.